The van der Waals surface area contributed by atoms with Crippen molar-refractivity contribution in [3.63, 3.8) is 0 Å². The highest BCUT2D eigenvalue weighted by molar-refractivity contribution is 6.04. The molecule has 5 rings (SSSR count). The van der Waals surface area contributed by atoms with E-state index in [9.17, 15) is 14.4 Å². The standard InChI is InChI=1S/C23H24N4O5/c28-18(16-3-4-19-20(12-16)32-11-10-31-19)14-26-17-2-1-7-25-21(17)22(29)27(23(26)30)13-15-5-8-24-9-6-15/h3-6,8-9,12,17,21,25H,1-2,7,10-11,13-14H2. The number of Topliss-reactive ketones (excluding diaryl/α,β-unsaturated/α-hetero) is 1. The van der Waals surface area contributed by atoms with E-state index in [2.05, 4.69) is 10.3 Å². The molecule has 1 N–H and O–H groups in total. The molecular weight excluding hydrogens is 412 g/mol. The van der Waals surface area contributed by atoms with Crippen molar-refractivity contribution in [2.24, 2.45) is 0 Å². The highest BCUT2D eigenvalue weighted by atomic mass is 16.6. The molecule has 4 heterocycles. The smallest absolute Gasteiger partial charge is 0.327 e. The number of urea groups is 1. The summed E-state index contributed by atoms with van der Waals surface area (Å²) >= 11 is 0. The molecule has 1 aromatic carbocycles. The average molecular weight is 436 g/mol. The van der Waals surface area contributed by atoms with Crippen molar-refractivity contribution >= 4 is 17.7 Å². The molecule has 2 unspecified atom stereocenters. The van der Waals surface area contributed by atoms with Gasteiger partial charge in [0, 0.05) is 18.0 Å². The average Bonchev–Trinajstić information content (AvgIpc) is 2.84. The summed E-state index contributed by atoms with van der Waals surface area (Å²) in [5.41, 5.74) is 1.24. The first-order chi connectivity index (χ1) is 15.6. The van der Waals surface area contributed by atoms with E-state index in [0.29, 0.717) is 43.2 Å². The molecule has 0 spiro atoms. The fourth-order valence-corrected chi connectivity index (χ4v) is 4.48. The Hall–Kier alpha value is -3.46. The molecule has 32 heavy (non-hydrogen) atoms. The Bertz CT molecular complexity index is 1040. The minimum Gasteiger partial charge on any atom is -0.486 e. The number of carbonyl (C=O) groups is 3. The lowest BCUT2D eigenvalue weighted by Gasteiger charge is -2.46. The van der Waals surface area contributed by atoms with Crippen LogP contribution in [-0.4, -0.2) is 70.9 Å². The van der Waals surface area contributed by atoms with Gasteiger partial charge >= 0.3 is 6.03 Å². The lowest BCUT2D eigenvalue weighted by molar-refractivity contribution is -0.137. The molecule has 0 bridgehead atoms. The van der Waals surface area contributed by atoms with Gasteiger partial charge in [0.2, 0.25) is 5.91 Å². The van der Waals surface area contributed by atoms with Crippen LogP contribution in [0.4, 0.5) is 4.79 Å². The van der Waals surface area contributed by atoms with Crippen LogP contribution in [-0.2, 0) is 11.3 Å². The maximum atomic E-state index is 13.4. The summed E-state index contributed by atoms with van der Waals surface area (Å²) in [4.78, 5) is 46.4. The zero-order valence-corrected chi connectivity index (χ0v) is 17.5. The van der Waals surface area contributed by atoms with E-state index < -0.39 is 12.1 Å². The number of rotatable bonds is 5. The number of ether oxygens (including phenoxy) is 2. The molecule has 3 aliphatic heterocycles. The second-order valence-corrected chi connectivity index (χ2v) is 8.11. The first-order valence-electron chi connectivity index (χ1n) is 10.8. The lowest BCUT2D eigenvalue weighted by Crippen LogP contribution is -2.69. The minimum atomic E-state index is -0.517. The van der Waals surface area contributed by atoms with Crippen molar-refractivity contribution in [3.8, 4) is 11.5 Å². The number of pyridine rings is 1. The number of imide groups is 1. The number of amides is 3. The molecule has 166 valence electrons. The van der Waals surface area contributed by atoms with E-state index in [4.69, 9.17) is 9.47 Å². The number of fused-ring (bicyclic) bond motifs is 2. The van der Waals surface area contributed by atoms with E-state index in [1.165, 1.54) is 4.90 Å². The Morgan fingerprint density at radius 2 is 1.88 bits per heavy atom. The predicted octanol–water partition coefficient (Wildman–Crippen LogP) is 1.62. The van der Waals surface area contributed by atoms with Crippen LogP contribution >= 0.6 is 0 Å². The van der Waals surface area contributed by atoms with E-state index in [1.54, 1.807) is 47.6 Å². The molecule has 2 atom stereocenters. The van der Waals surface area contributed by atoms with Gasteiger partial charge in [-0.3, -0.25) is 19.5 Å². The number of hydrogen-bond acceptors (Lipinski definition) is 7. The summed E-state index contributed by atoms with van der Waals surface area (Å²) in [7, 11) is 0. The molecular formula is C23H24N4O5. The number of nitrogens with zero attached hydrogens (tertiary/aromatic N) is 3. The normalized spacial score (nSPS) is 22.5. The third kappa shape index (κ3) is 3.80. The van der Waals surface area contributed by atoms with E-state index in [-0.39, 0.29) is 30.8 Å². The van der Waals surface area contributed by atoms with E-state index >= 15 is 0 Å². The Kier molecular flexibility index (Phi) is 5.48. The van der Waals surface area contributed by atoms with Crippen LogP contribution < -0.4 is 14.8 Å². The van der Waals surface area contributed by atoms with Gasteiger partial charge in [-0.1, -0.05) is 0 Å². The van der Waals surface area contributed by atoms with Crippen molar-refractivity contribution in [3.05, 3.63) is 53.9 Å². The second kappa shape index (κ2) is 8.58. The Labute approximate surface area is 185 Å². The molecule has 3 aliphatic rings. The number of nitrogens with one attached hydrogen (secondary N) is 1. The second-order valence-electron chi connectivity index (χ2n) is 8.11. The van der Waals surface area contributed by atoms with Gasteiger partial charge in [-0.25, -0.2) is 4.79 Å². The molecule has 0 saturated carbocycles. The molecule has 2 aromatic rings. The first-order valence-corrected chi connectivity index (χ1v) is 10.8. The highest BCUT2D eigenvalue weighted by Crippen LogP contribution is 2.31. The molecule has 1 aromatic heterocycles. The molecule has 0 aliphatic carbocycles. The Balaban J connectivity index is 1.40. The minimum absolute atomic E-state index is 0.110. The van der Waals surface area contributed by atoms with Gasteiger partial charge < -0.3 is 19.7 Å². The third-order valence-corrected chi connectivity index (χ3v) is 6.10. The molecule has 3 amide bonds. The van der Waals surface area contributed by atoms with Crippen molar-refractivity contribution in [2.75, 3.05) is 26.3 Å². The third-order valence-electron chi connectivity index (χ3n) is 6.10. The van der Waals surface area contributed by atoms with Crippen molar-refractivity contribution in [2.45, 2.75) is 31.5 Å². The van der Waals surface area contributed by atoms with Crippen LogP contribution in [0.25, 0.3) is 0 Å². The Morgan fingerprint density at radius 3 is 2.69 bits per heavy atom. The maximum absolute atomic E-state index is 13.4. The van der Waals surface area contributed by atoms with Crippen LogP contribution in [0.3, 0.4) is 0 Å². The van der Waals surface area contributed by atoms with E-state index in [0.717, 1.165) is 12.0 Å². The lowest BCUT2D eigenvalue weighted by atomic mass is 9.92. The summed E-state index contributed by atoms with van der Waals surface area (Å²) in [6, 6.07) is 7.28. The van der Waals surface area contributed by atoms with Crippen LogP contribution in [0.15, 0.2) is 42.7 Å². The summed E-state index contributed by atoms with van der Waals surface area (Å²) in [6.07, 6.45) is 4.76. The predicted molar refractivity (Wildman–Crippen MR) is 113 cm³/mol. The molecule has 2 fully saturated rings. The zero-order valence-electron chi connectivity index (χ0n) is 17.5. The molecule has 2 saturated heterocycles. The maximum Gasteiger partial charge on any atom is 0.327 e. The van der Waals surface area contributed by atoms with Gasteiger partial charge in [0.25, 0.3) is 0 Å². The van der Waals surface area contributed by atoms with Gasteiger partial charge in [0.05, 0.1) is 19.1 Å². The topological polar surface area (TPSA) is 101 Å². The summed E-state index contributed by atoms with van der Waals surface area (Å²) in [5.74, 6) is 0.670. The molecule has 9 heteroatoms. The van der Waals surface area contributed by atoms with Gasteiger partial charge in [-0.05, 0) is 55.3 Å². The monoisotopic (exact) mass is 436 g/mol. The van der Waals surface area contributed by atoms with Crippen molar-refractivity contribution in [1.29, 1.82) is 0 Å². The number of carbonyl (C=O) groups excluding carboxylic acids is 3. The van der Waals surface area contributed by atoms with Crippen LogP contribution in [0.1, 0.15) is 28.8 Å². The molecule has 9 nitrogen and oxygen atoms in total. The van der Waals surface area contributed by atoms with Gasteiger partial charge in [-0.15, -0.1) is 0 Å². The fraction of sp³-hybridized carbons (Fsp3) is 0.391. The number of benzene rings is 1. The number of hydrogen-bond donors (Lipinski definition) is 1. The number of piperidine rings is 1. The van der Waals surface area contributed by atoms with Crippen LogP contribution in [0.2, 0.25) is 0 Å². The fourth-order valence-electron chi connectivity index (χ4n) is 4.48. The van der Waals surface area contributed by atoms with Gasteiger partial charge in [-0.2, -0.15) is 0 Å². The Morgan fingerprint density at radius 1 is 1.09 bits per heavy atom. The first kappa shape index (κ1) is 20.4. The number of ketones is 1. The van der Waals surface area contributed by atoms with Gasteiger partial charge in [0.1, 0.15) is 19.3 Å². The van der Waals surface area contributed by atoms with Crippen molar-refractivity contribution < 1.29 is 23.9 Å². The van der Waals surface area contributed by atoms with E-state index in [1.807, 2.05) is 0 Å². The largest absolute Gasteiger partial charge is 0.486 e. The zero-order chi connectivity index (χ0) is 22.1. The summed E-state index contributed by atoms with van der Waals surface area (Å²) in [5, 5.41) is 3.25. The van der Waals surface area contributed by atoms with Crippen molar-refractivity contribution in [1.82, 2.24) is 20.1 Å². The quantitative estimate of drug-likeness (QED) is 0.711. The van der Waals surface area contributed by atoms with Crippen LogP contribution in [0.5, 0.6) is 11.5 Å². The van der Waals surface area contributed by atoms with Gasteiger partial charge in [0.15, 0.2) is 17.3 Å². The summed E-state index contributed by atoms with van der Waals surface area (Å²) < 4.78 is 11.1. The van der Waals surface area contributed by atoms with Crippen LogP contribution in [0, 0.1) is 0 Å². The number of aromatic nitrogens is 1. The molecule has 0 radical (unpaired) electrons. The highest BCUT2D eigenvalue weighted by Gasteiger charge is 2.47. The SMILES string of the molecule is O=C(CN1C(=O)N(Cc2ccncc2)C(=O)C2NCCCC21)c1ccc2c(c1)OCCO2. The summed E-state index contributed by atoms with van der Waals surface area (Å²) in [6.45, 7) is 1.63.